The maximum atomic E-state index is 3.16. The highest BCUT2D eigenvalue weighted by molar-refractivity contribution is 9.10. The molecule has 1 aliphatic rings. The van der Waals surface area contributed by atoms with Gasteiger partial charge in [-0.1, -0.05) is 17.7 Å². The predicted molar refractivity (Wildman–Crippen MR) is 52.4 cm³/mol. The zero-order chi connectivity index (χ0) is 8.10. The van der Waals surface area contributed by atoms with E-state index >= 15 is 0 Å². The minimum absolute atomic E-state index is 1.19. The van der Waals surface area contributed by atoms with Gasteiger partial charge in [-0.15, -0.1) is 0 Å². The number of rotatable bonds is 1. The van der Waals surface area contributed by atoms with Crippen LogP contribution in [0, 0.1) is 4.99 Å². The molecular formula is C10H12Br. The van der Waals surface area contributed by atoms with Crippen molar-refractivity contribution in [3.63, 3.8) is 0 Å². The molecule has 59 valence electrons. The number of hydrogen-bond acceptors (Lipinski definition) is 0. The van der Waals surface area contributed by atoms with Gasteiger partial charge in [-0.25, -0.2) is 0 Å². The minimum atomic E-state index is 1.19. The molecule has 0 atom stereocenters. The minimum Gasteiger partial charge on any atom is -0.0844 e. The van der Waals surface area contributed by atoms with Gasteiger partial charge in [0.05, 0.1) is 0 Å². The molecule has 0 amide bonds. The van der Waals surface area contributed by atoms with Gasteiger partial charge in [0.1, 0.15) is 0 Å². The summed E-state index contributed by atoms with van der Waals surface area (Å²) >= 11 is 3.16. The van der Waals surface area contributed by atoms with Crippen molar-refractivity contribution in [3.05, 3.63) is 34.4 Å². The van der Waals surface area contributed by atoms with Crippen molar-refractivity contribution < 1.29 is 0 Å². The normalized spacial score (nSPS) is 22.7. The molecule has 0 bridgehead atoms. The van der Waals surface area contributed by atoms with Crippen LogP contribution in [-0.2, 0) is 0 Å². The van der Waals surface area contributed by atoms with Crippen molar-refractivity contribution in [1.82, 2.24) is 0 Å². The third kappa shape index (κ3) is 2.66. The quantitative estimate of drug-likeness (QED) is 0.620. The lowest BCUT2D eigenvalue weighted by Crippen LogP contribution is -1.91. The van der Waals surface area contributed by atoms with Gasteiger partial charge >= 0.3 is 0 Å². The van der Waals surface area contributed by atoms with Crippen LogP contribution in [-0.4, -0.2) is 0 Å². The number of allylic oxidation sites excluding steroid dienone is 5. The largest absolute Gasteiger partial charge is 0.0844 e. The van der Waals surface area contributed by atoms with Gasteiger partial charge in [0.25, 0.3) is 0 Å². The molecule has 0 spiro atoms. The van der Waals surface area contributed by atoms with Gasteiger partial charge in [-0.2, -0.15) is 0 Å². The third-order valence-corrected chi connectivity index (χ3v) is 2.14. The molecule has 0 unspecified atom stereocenters. The summed E-state index contributed by atoms with van der Waals surface area (Å²) in [5.74, 6) is 0. The second kappa shape index (κ2) is 4.55. The molecule has 0 fully saturated rings. The maximum Gasteiger partial charge on any atom is 0.0320 e. The lowest BCUT2D eigenvalue weighted by atomic mass is 9.95. The molecule has 0 nitrogen and oxygen atoms in total. The van der Waals surface area contributed by atoms with Crippen LogP contribution in [0.2, 0.25) is 0 Å². The summed E-state index contributed by atoms with van der Waals surface area (Å²) in [6.45, 7) is 2.09. The topological polar surface area (TPSA) is 0 Å². The molecular weight excluding hydrogens is 200 g/mol. The summed E-state index contributed by atoms with van der Waals surface area (Å²) in [6, 6.07) is 0. The third-order valence-electron chi connectivity index (χ3n) is 1.91. The van der Waals surface area contributed by atoms with Crippen molar-refractivity contribution in [1.29, 1.82) is 0 Å². The van der Waals surface area contributed by atoms with Crippen LogP contribution in [0.3, 0.4) is 0 Å². The Morgan fingerprint density at radius 3 is 3.00 bits per heavy atom. The first-order valence-electron chi connectivity index (χ1n) is 3.92. The second-order valence-electron chi connectivity index (χ2n) is 2.69. The number of halogens is 1. The summed E-state index contributed by atoms with van der Waals surface area (Å²) < 4.78 is 0. The van der Waals surface area contributed by atoms with E-state index < -0.39 is 0 Å². The van der Waals surface area contributed by atoms with E-state index in [1.165, 1.54) is 30.4 Å². The van der Waals surface area contributed by atoms with Crippen LogP contribution in [0.4, 0.5) is 0 Å². The average molecular weight is 212 g/mol. The highest BCUT2D eigenvalue weighted by Gasteiger charge is 2.03. The Morgan fingerprint density at radius 1 is 1.55 bits per heavy atom. The van der Waals surface area contributed by atoms with E-state index in [2.05, 4.69) is 40.0 Å². The fourth-order valence-electron chi connectivity index (χ4n) is 1.29. The monoisotopic (exact) mass is 211 g/mol. The van der Waals surface area contributed by atoms with Gasteiger partial charge in [-0.3, -0.25) is 0 Å². The summed E-state index contributed by atoms with van der Waals surface area (Å²) in [5.41, 5.74) is 2.83. The first-order chi connectivity index (χ1) is 5.36. The highest BCUT2D eigenvalue weighted by atomic mass is 79.9. The first kappa shape index (κ1) is 8.79. The van der Waals surface area contributed by atoms with Crippen LogP contribution in [0.5, 0.6) is 0 Å². The van der Waals surface area contributed by atoms with Gasteiger partial charge in [0.2, 0.25) is 0 Å². The Labute approximate surface area is 76.8 Å². The lowest BCUT2D eigenvalue weighted by molar-refractivity contribution is 0.796. The molecule has 1 rings (SSSR count). The zero-order valence-electron chi connectivity index (χ0n) is 6.73. The van der Waals surface area contributed by atoms with Gasteiger partial charge in [-0.05, 0) is 53.8 Å². The second-order valence-corrected chi connectivity index (χ2v) is 3.15. The van der Waals surface area contributed by atoms with Crippen LogP contribution in [0.15, 0.2) is 29.4 Å². The van der Waals surface area contributed by atoms with Gasteiger partial charge < -0.3 is 0 Å². The molecule has 11 heavy (non-hydrogen) atoms. The smallest absolute Gasteiger partial charge is 0.0320 e. The van der Waals surface area contributed by atoms with E-state index in [9.17, 15) is 0 Å². The van der Waals surface area contributed by atoms with Crippen molar-refractivity contribution in [2.24, 2.45) is 0 Å². The van der Waals surface area contributed by atoms with Crippen molar-refractivity contribution in [2.45, 2.75) is 26.2 Å². The molecule has 0 heterocycles. The Kier molecular flexibility index (Phi) is 3.64. The molecule has 1 aliphatic carbocycles. The SMILES string of the molecule is CC=C1C=C(/C=[C]/Br)CCC1. The van der Waals surface area contributed by atoms with E-state index in [4.69, 9.17) is 0 Å². The van der Waals surface area contributed by atoms with E-state index in [1.807, 2.05) is 6.08 Å². The molecule has 0 aromatic carbocycles. The zero-order valence-corrected chi connectivity index (χ0v) is 8.32. The fraction of sp³-hybridized carbons (Fsp3) is 0.400. The summed E-state index contributed by atoms with van der Waals surface area (Å²) in [7, 11) is 0. The maximum absolute atomic E-state index is 3.16. The predicted octanol–water partition coefficient (Wildman–Crippen LogP) is 3.75. The Hall–Kier alpha value is -0.300. The van der Waals surface area contributed by atoms with Crippen molar-refractivity contribution in [3.8, 4) is 0 Å². The van der Waals surface area contributed by atoms with Gasteiger partial charge in [0.15, 0.2) is 0 Å². The van der Waals surface area contributed by atoms with Crippen LogP contribution in [0.1, 0.15) is 26.2 Å². The number of hydrogen-bond donors (Lipinski definition) is 0. The van der Waals surface area contributed by atoms with E-state index in [-0.39, 0.29) is 0 Å². The molecule has 1 radical (unpaired) electrons. The molecule has 0 aliphatic heterocycles. The van der Waals surface area contributed by atoms with Crippen molar-refractivity contribution in [2.75, 3.05) is 0 Å². The molecule has 1 heteroatoms. The standard InChI is InChI=1S/C10H12Br/c1-2-9-4-3-5-10(8-9)6-7-11/h2,6,8H,3-5H2,1H3. The van der Waals surface area contributed by atoms with Crippen molar-refractivity contribution >= 4 is 15.9 Å². The highest BCUT2D eigenvalue weighted by Crippen LogP contribution is 2.22. The molecule has 0 N–H and O–H groups in total. The first-order valence-corrected chi connectivity index (χ1v) is 4.71. The summed E-state index contributed by atoms with van der Waals surface area (Å²) in [4.78, 5) is 2.87. The van der Waals surface area contributed by atoms with Gasteiger partial charge in [0, 0.05) is 4.99 Å². The van der Waals surface area contributed by atoms with Crippen LogP contribution in [0.25, 0.3) is 0 Å². The van der Waals surface area contributed by atoms with Crippen LogP contribution < -0.4 is 0 Å². The Balaban J connectivity index is 2.72. The molecule has 0 saturated heterocycles. The Morgan fingerprint density at radius 2 is 2.36 bits per heavy atom. The van der Waals surface area contributed by atoms with E-state index in [1.54, 1.807) is 0 Å². The molecule has 0 aromatic heterocycles. The molecule has 0 saturated carbocycles. The fourth-order valence-corrected chi connectivity index (χ4v) is 1.58. The molecule has 0 aromatic rings. The van der Waals surface area contributed by atoms with E-state index in [0.717, 1.165) is 0 Å². The summed E-state index contributed by atoms with van der Waals surface area (Å²) in [6.07, 6.45) is 10.1. The summed E-state index contributed by atoms with van der Waals surface area (Å²) in [5, 5.41) is 0. The lowest BCUT2D eigenvalue weighted by Gasteiger charge is -2.11. The average Bonchev–Trinajstić information content (AvgIpc) is 2.06. The van der Waals surface area contributed by atoms with E-state index in [0.29, 0.717) is 0 Å². The Bertz CT molecular complexity index is 209. The van der Waals surface area contributed by atoms with Crippen LogP contribution >= 0.6 is 15.9 Å².